The number of imidazole rings is 1. The highest BCUT2D eigenvalue weighted by Gasteiger charge is 2.14. The highest BCUT2D eigenvalue weighted by Crippen LogP contribution is 2.20. The second kappa shape index (κ2) is 3.62. The van der Waals surface area contributed by atoms with Gasteiger partial charge in [0.1, 0.15) is 0 Å². The van der Waals surface area contributed by atoms with Crippen LogP contribution < -0.4 is 5.32 Å². The zero-order valence-corrected chi connectivity index (χ0v) is 9.72. The average Bonchev–Trinajstić information content (AvgIpc) is 2.68. The first-order valence-electron chi connectivity index (χ1n) is 4.66. The topological polar surface area (TPSA) is 66.5 Å². The first kappa shape index (κ1) is 10.1. The van der Waals surface area contributed by atoms with Gasteiger partial charge in [-0.05, 0) is 20.8 Å². The van der Waals surface area contributed by atoms with Crippen molar-refractivity contribution in [2.75, 3.05) is 5.32 Å². The van der Waals surface area contributed by atoms with Crippen LogP contribution in [0.1, 0.15) is 20.8 Å². The molecule has 2 aromatic heterocycles. The van der Waals surface area contributed by atoms with Gasteiger partial charge in [0.2, 0.25) is 11.0 Å². The Morgan fingerprint density at radius 2 is 2.20 bits per heavy atom. The van der Waals surface area contributed by atoms with E-state index in [9.17, 15) is 0 Å². The number of hydrogen-bond acceptors (Lipinski definition) is 5. The summed E-state index contributed by atoms with van der Waals surface area (Å²) in [6.45, 7) is 6.25. The van der Waals surface area contributed by atoms with Crippen LogP contribution in [0.15, 0.2) is 12.4 Å². The quantitative estimate of drug-likeness (QED) is 0.818. The lowest BCUT2D eigenvalue weighted by molar-refractivity contribution is 0.633. The highest BCUT2D eigenvalue weighted by atomic mass is 32.1. The fourth-order valence-corrected chi connectivity index (χ4v) is 1.86. The van der Waals surface area contributed by atoms with E-state index < -0.39 is 0 Å². The molecular weight excluding hydrogens is 210 g/mol. The van der Waals surface area contributed by atoms with Gasteiger partial charge in [-0.1, -0.05) is 0 Å². The van der Waals surface area contributed by atoms with Crippen LogP contribution in [0, 0.1) is 0 Å². The summed E-state index contributed by atoms with van der Waals surface area (Å²) in [5.41, 5.74) is -0.0000324. The molecule has 0 aliphatic rings. The van der Waals surface area contributed by atoms with Gasteiger partial charge in [0.25, 0.3) is 0 Å². The van der Waals surface area contributed by atoms with Crippen LogP contribution in [0.3, 0.4) is 0 Å². The smallest absolute Gasteiger partial charge is 0.210 e. The maximum absolute atomic E-state index is 4.34. The van der Waals surface area contributed by atoms with Crippen LogP contribution in [-0.2, 0) is 0 Å². The summed E-state index contributed by atoms with van der Waals surface area (Å²) in [7, 11) is 0. The van der Waals surface area contributed by atoms with Gasteiger partial charge in [0.05, 0.1) is 0 Å². The fraction of sp³-hybridized carbons (Fsp3) is 0.444. The molecule has 0 saturated carbocycles. The average molecular weight is 223 g/mol. The lowest BCUT2D eigenvalue weighted by atomic mass is 10.1. The molecule has 0 saturated heterocycles. The predicted octanol–water partition coefficient (Wildman–Crippen LogP) is 2.14. The van der Waals surface area contributed by atoms with Crippen LogP contribution in [0.5, 0.6) is 0 Å². The molecule has 0 aliphatic carbocycles. The molecule has 80 valence electrons. The second-order valence-corrected chi connectivity index (χ2v) is 4.99. The Hall–Kier alpha value is -1.43. The Balaban J connectivity index is 2.18. The lowest BCUT2D eigenvalue weighted by Crippen LogP contribution is -2.25. The van der Waals surface area contributed by atoms with Crippen molar-refractivity contribution in [1.82, 2.24) is 19.3 Å². The zero-order valence-electron chi connectivity index (χ0n) is 8.90. The summed E-state index contributed by atoms with van der Waals surface area (Å²) in [5.74, 6) is 1.34. The molecule has 2 rings (SSSR count). The van der Waals surface area contributed by atoms with Gasteiger partial charge in [-0.2, -0.15) is 9.36 Å². The molecule has 15 heavy (non-hydrogen) atoms. The Labute approximate surface area is 92.1 Å². The molecule has 2 N–H and O–H groups in total. The van der Waals surface area contributed by atoms with Crippen LogP contribution >= 0.6 is 11.5 Å². The molecule has 0 bridgehead atoms. The van der Waals surface area contributed by atoms with Crippen LogP contribution in [0.2, 0.25) is 0 Å². The van der Waals surface area contributed by atoms with Gasteiger partial charge in [0, 0.05) is 29.5 Å². The summed E-state index contributed by atoms with van der Waals surface area (Å²) in [4.78, 5) is 11.4. The van der Waals surface area contributed by atoms with E-state index >= 15 is 0 Å². The van der Waals surface area contributed by atoms with E-state index in [-0.39, 0.29) is 5.54 Å². The molecule has 0 radical (unpaired) electrons. The van der Waals surface area contributed by atoms with Crippen molar-refractivity contribution in [1.29, 1.82) is 0 Å². The number of nitrogens with one attached hydrogen (secondary N) is 2. The van der Waals surface area contributed by atoms with Crippen LogP contribution in [0.4, 0.5) is 5.13 Å². The Morgan fingerprint density at radius 3 is 2.80 bits per heavy atom. The molecule has 0 unspecified atom stereocenters. The molecule has 0 fully saturated rings. The second-order valence-electron chi connectivity index (χ2n) is 4.24. The van der Waals surface area contributed by atoms with Crippen molar-refractivity contribution < 1.29 is 0 Å². The van der Waals surface area contributed by atoms with Crippen LogP contribution in [0.25, 0.3) is 11.6 Å². The molecule has 0 aliphatic heterocycles. The predicted molar refractivity (Wildman–Crippen MR) is 60.9 cm³/mol. The minimum absolute atomic E-state index is 0.0000324. The zero-order chi connectivity index (χ0) is 10.9. The SMILES string of the molecule is CC(C)(C)Nc1nc(-c2ncc[nH]2)ns1. The van der Waals surface area contributed by atoms with E-state index in [1.807, 2.05) is 0 Å². The molecular formula is C9H13N5S. The molecule has 6 heteroatoms. The van der Waals surface area contributed by atoms with E-state index in [1.165, 1.54) is 11.5 Å². The summed E-state index contributed by atoms with van der Waals surface area (Å²) in [6, 6.07) is 0. The van der Waals surface area contributed by atoms with Gasteiger partial charge in [0.15, 0.2) is 5.82 Å². The monoisotopic (exact) mass is 223 g/mol. The number of anilines is 1. The third-order valence-electron chi connectivity index (χ3n) is 1.62. The summed E-state index contributed by atoms with van der Waals surface area (Å²) >= 11 is 1.34. The molecule has 0 aromatic carbocycles. The third kappa shape index (κ3) is 2.53. The Kier molecular flexibility index (Phi) is 2.44. The highest BCUT2D eigenvalue weighted by molar-refractivity contribution is 7.09. The number of aromatic amines is 1. The van der Waals surface area contributed by atoms with Gasteiger partial charge in [-0.25, -0.2) is 4.98 Å². The van der Waals surface area contributed by atoms with Crippen LogP contribution in [-0.4, -0.2) is 24.9 Å². The standard InChI is InChI=1S/C9H13N5S/c1-9(2,3)13-8-12-7(14-15-8)6-10-4-5-11-6/h4-5H,1-3H3,(H,10,11)(H,12,13,14). The normalized spacial score (nSPS) is 11.7. The maximum atomic E-state index is 4.34. The van der Waals surface area contributed by atoms with E-state index in [0.29, 0.717) is 11.6 Å². The van der Waals surface area contributed by atoms with Crippen molar-refractivity contribution in [3.8, 4) is 11.6 Å². The van der Waals surface area contributed by atoms with Crippen molar-refractivity contribution in [2.24, 2.45) is 0 Å². The number of hydrogen-bond donors (Lipinski definition) is 2. The van der Waals surface area contributed by atoms with E-state index in [1.54, 1.807) is 12.4 Å². The number of rotatable bonds is 2. The molecule has 2 aromatic rings. The van der Waals surface area contributed by atoms with Crippen molar-refractivity contribution in [2.45, 2.75) is 26.3 Å². The minimum atomic E-state index is -0.0000324. The molecule has 0 atom stereocenters. The molecule has 2 heterocycles. The summed E-state index contributed by atoms with van der Waals surface area (Å²) in [6.07, 6.45) is 3.44. The third-order valence-corrected chi connectivity index (χ3v) is 2.25. The molecule has 0 amide bonds. The number of nitrogens with zero attached hydrogens (tertiary/aromatic N) is 3. The number of H-pyrrole nitrogens is 1. The van der Waals surface area contributed by atoms with Crippen molar-refractivity contribution in [3.63, 3.8) is 0 Å². The summed E-state index contributed by atoms with van der Waals surface area (Å²) in [5, 5.41) is 4.08. The Morgan fingerprint density at radius 1 is 1.40 bits per heavy atom. The fourth-order valence-electron chi connectivity index (χ4n) is 1.08. The van der Waals surface area contributed by atoms with Gasteiger partial charge < -0.3 is 10.3 Å². The van der Waals surface area contributed by atoms with Crippen molar-refractivity contribution >= 4 is 16.7 Å². The summed E-state index contributed by atoms with van der Waals surface area (Å²) < 4.78 is 4.22. The van der Waals surface area contributed by atoms with Crippen molar-refractivity contribution in [3.05, 3.63) is 12.4 Å². The number of aromatic nitrogens is 4. The van der Waals surface area contributed by atoms with Gasteiger partial charge in [-0.3, -0.25) is 0 Å². The molecule has 0 spiro atoms. The maximum Gasteiger partial charge on any atom is 0.210 e. The Bertz CT molecular complexity index is 426. The van der Waals surface area contributed by atoms with Gasteiger partial charge >= 0.3 is 0 Å². The lowest BCUT2D eigenvalue weighted by Gasteiger charge is -2.18. The van der Waals surface area contributed by atoms with E-state index in [4.69, 9.17) is 0 Å². The first-order valence-corrected chi connectivity index (χ1v) is 5.43. The van der Waals surface area contributed by atoms with E-state index in [0.717, 1.165) is 5.13 Å². The van der Waals surface area contributed by atoms with E-state index in [2.05, 4.69) is 45.4 Å². The first-order chi connectivity index (χ1) is 7.04. The van der Waals surface area contributed by atoms with Gasteiger partial charge in [-0.15, -0.1) is 0 Å². The molecule has 5 nitrogen and oxygen atoms in total. The minimum Gasteiger partial charge on any atom is -0.356 e. The largest absolute Gasteiger partial charge is 0.356 e.